The molecule has 0 aliphatic heterocycles. The molecule has 2 N–H and O–H groups in total. The van der Waals surface area contributed by atoms with Gasteiger partial charge in [0, 0.05) is 6.04 Å². The molecule has 5 nitrogen and oxygen atoms in total. The van der Waals surface area contributed by atoms with Gasteiger partial charge in [0.15, 0.2) is 0 Å². The van der Waals surface area contributed by atoms with Crippen LogP contribution >= 0.6 is 0 Å². The summed E-state index contributed by atoms with van der Waals surface area (Å²) >= 11 is 0. The predicted molar refractivity (Wildman–Crippen MR) is 118 cm³/mol. The van der Waals surface area contributed by atoms with Crippen LogP contribution in [0, 0.1) is 28.6 Å². The lowest BCUT2D eigenvalue weighted by atomic mass is 9.55. The molecule has 0 amide bonds. The summed E-state index contributed by atoms with van der Waals surface area (Å²) in [5, 5.41) is 19.0. The highest BCUT2D eigenvalue weighted by Gasteiger charge is 2.55. The zero-order valence-corrected chi connectivity index (χ0v) is 18.5. The second-order valence-corrected chi connectivity index (χ2v) is 11.4. The van der Waals surface area contributed by atoms with Crippen LogP contribution < -0.4 is 4.72 Å². The number of benzene rings is 2. The van der Waals surface area contributed by atoms with Crippen LogP contribution in [0.25, 0.3) is 0 Å². The highest BCUT2D eigenvalue weighted by molar-refractivity contribution is 7.89. The molecule has 0 radical (unpaired) electrons. The number of hydrogen-bond acceptors (Lipinski definition) is 4. The molecule has 162 valence electrons. The topological polar surface area (TPSA) is 90.2 Å². The average molecular weight is 437 g/mol. The normalized spacial score (nSPS) is 31.9. The zero-order chi connectivity index (χ0) is 21.8. The van der Waals surface area contributed by atoms with Gasteiger partial charge in [-0.1, -0.05) is 19.1 Å². The fourth-order valence-corrected chi connectivity index (χ4v) is 8.19. The molecule has 3 aliphatic carbocycles. The summed E-state index contributed by atoms with van der Waals surface area (Å²) in [5.74, 6) is 1.90. The number of phenols is 1. The molecular weight excluding hydrogens is 408 g/mol. The Kier molecular flexibility index (Phi) is 4.87. The Balaban J connectivity index is 1.40. The number of sulfonamides is 1. The van der Waals surface area contributed by atoms with Crippen molar-refractivity contribution in [2.45, 2.75) is 62.3 Å². The summed E-state index contributed by atoms with van der Waals surface area (Å²) in [6.45, 7) is 2.27. The number of hydrogen-bond donors (Lipinski definition) is 2. The first-order valence-electron chi connectivity index (χ1n) is 11.2. The van der Waals surface area contributed by atoms with Crippen LogP contribution in [0.4, 0.5) is 0 Å². The minimum atomic E-state index is -3.68. The van der Waals surface area contributed by atoms with E-state index in [1.807, 2.05) is 12.1 Å². The van der Waals surface area contributed by atoms with Crippen LogP contribution in [0.2, 0.25) is 0 Å². The third-order valence-electron chi connectivity index (χ3n) is 8.28. The number of nitrogens with one attached hydrogen (secondary N) is 1. The Morgan fingerprint density at radius 1 is 1.13 bits per heavy atom. The quantitative estimate of drug-likeness (QED) is 0.743. The summed E-state index contributed by atoms with van der Waals surface area (Å²) in [7, 11) is -3.68. The Morgan fingerprint density at radius 2 is 1.97 bits per heavy atom. The van der Waals surface area contributed by atoms with Crippen molar-refractivity contribution >= 4 is 10.0 Å². The van der Waals surface area contributed by atoms with E-state index in [4.69, 9.17) is 5.26 Å². The smallest absolute Gasteiger partial charge is 0.240 e. The first-order valence-corrected chi connectivity index (χ1v) is 12.6. The van der Waals surface area contributed by atoms with Gasteiger partial charge in [0.05, 0.1) is 16.5 Å². The van der Waals surface area contributed by atoms with Crippen molar-refractivity contribution < 1.29 is 13.5 Å². The lowest BCUT2D eigenvalue weighted by Gasteiger charge is -2.51. The van der Waals surface area contributed by atoms with Gasteiger partial charge in [0.1, 0.15) is 5.75 Å². The number of aryl methyl sites for hydroxylation is 1. The molecule has 2 aromatic carbocycles. The maximum Gasteiger partial charge on any atom is 0.240 e. The predicted octanol–water partition coefficient (Wildman–Crippen LogP) is 4.47. The molecule has 0 heterocycles. The lowest BCUT2D eigenvalue weighted by Crippen LogP contribution is -2.50. The van der Waals surface area contributed by atoms with Gasteiger partial charge >= 0.3 is 0 Å². The molecule has 0 bridgehead atoms. The summed E-state index contributed by atoms with van der Waals surface area (Å²) in [4.78, 5) is 0.165. The van der Waals surface area contributed by atoms with E-state index < -0.39 is 10.0 Å². The number of rotatable bonds is 3. The van der Waals surface area contributed by atoms with E-state index in [0.717, 1.165) is 38.5 Å². The van der Waals surface area contributed by atoms with Crippen LogP contribution in [0.15, 0.2) is 47.4 Å². The number of fused-ring (bicyclic) bond motifs is 5. The molecule has 0 spiro atoms. The van der Waals surface area contributed by atoms with Crippen LogP contribution in [-0.4, -0.2) is 19.6 Å². The van der Waals surface area contributed by atoms with Gasteiger partial charge in [-0.2, -0.15) is 5.26 Å². The molecule has 5 rings (SSSR count). The van der Waals surface area contributed by atoms with E-state index >= 15 is 0 Å². The van der Waals surface area contributed by atoms with Crippen molar-refractivity contribution in [3.05, 3.63) is 59.2 Å². The number of nitriles is 1. The highest BCUT2D eigenvalue weighted by Crippen LogP contribution is 2.61. The first-order chi connectivity index (χ1) is 14.8. The first kappa shape index (κ1) is 20.5. The summed E-state index contributed by atoms with van der Waals surface area (Å²) in [5.41, 5.74) is 2.95. The molecule has 5 atom stereocenters. The number of aromatic hydroxyl groups is 1. The Bertz CT molecular complexity index is 1170. The fourth-order valence-electron chi connectivity index (χ4n) is 6.75. The molecule has 0 saturated heterocycles. The van der Waals surface area contributed by atoms with E-state index in [9.17, 15) is 13.5 Å². The van der Waals surface area contributed by atoms with Crippen molar-refractivity contribution in [3.8, 4) is 11.8 Å². The lowest BCUT2D eigenvalue weighted by molar-refractivity contribution is 0.0462. The monoisotopic (exact) mass is 436 g/mol. The molecule has 2 fully saturated rings. The van der Waals surface area contributed by atoms with Crippen LogP contribution in [0.1, 0.15) is 61.6 Å². The molecule has 0 aromatic heterocycles. The fraction of sp³-hybridized carbons (Fsp3) is 0.480. The third-order valence-corrected chi connectivity index (χ3v) is 9.75. The molecule has 0 unspecified atom stereocenters. The van der Waals surface area contributed by atoms with Crippen LogP contribution in [0.5, 0.6) is 5.75 Å². The number of nitrogens with zero attached hydrogens (tertiary/aromatic N) is 1. The molecule has 2 saturated carbocycles. The minimum absolute atomic E-state index is 0.0600. The van der Waals surface area contributed by atoms with E-state index in [0.29, 0.717) is 29.1 Å². The highest BCUT2D eigenvalue weighted by atomic mass is 32.2. The van der Waals surface area contributed by atoms with E-state index in [1.165, 1.54) is 17.2 Å². The van der Waals surface area contributed by atoms with Crippen molar-refractivity contribution in [2.75, 3.05) is 0 Å². The third kappa shape index (κ3) is 3.35. The van der Waals surface area contributed by atoms with Crippen molar-refractivity contribution in [3.63, 3.8) is 0 Å². The van der Waals surface area contributed by atoms with Crippen LogP contribution in [-0.2, 0) is 16.4 Å². The van der Waals surface area contributed by atoms with Crippen molar-refractivity contribution in [1.29, 1.82) is 5.26 Å². The number of phenolic OH excluding ortho intramolecular Hbond substituents is 1. The van der Waals surface area contributed by atoms with Crippen molar-refractivity contribution in [2.24, 2.45) is 17.3 Å². The molecule has 2 aromatic rings. The largest absolute Gasteiger partial charge is 0.508 e. The maximum atomic E-state index is 13.1. The second-order valence-electron chi connectivity index (χ2n) is 9.73. The maximum absolute atomic E-state index is 13.1. The summed E-state index contributed by atoms with van der Waals surface area (Å²) in [6, 6.07) is 14.0. The Labute approximate surface area is 184 Å². The van der Waals surface area contributed by atoms with Gasteiger partial charge in [0.25, 0.3) is 0 Å². The SMILES string of the molecule is C[C@]12CC[C@@H]3c4ccc(O)cc4CC[C@H]3[C@@H]1CC[C@@H]2NS(=O)(=O)c1cccc(C#N)c1. The average Bonchev–Trinajstić information content (AvgIpc) is 3.09. The Hall–Kier alpha value is -2.36. The Morgan fingerprint density at radius 3 is 2.77 bits per heavy atom. The zero-order valence-electron chi connectivity index (χ0n) is 17.7. The summed E-state index contributed by atoms with van der Waals surface area (Å²) in [6.07, 6.45) is 6.02. The van der Waals surface area contributed by atoms with Gasteiger partial charge in [-0.05, 0) is 103 Å². The van der Waals surface area contributed by atoms with Gasteiger partial charge in [0.2, 0.25) is 10.0 Å². The minimum Gasteiger partial charge on any atom is -0.508 e. The van der Waals surface area contributed by atoms with E-state index in [2.05, 4.69) is 17.7 Å². The van der Waals surface area contributed by atoms with Gasteiger partial charge in [-0.15, -0.1) is 0 Å². The standard InChI is InChI=1S/C25H28N2O3S/c1-25-12-11-21-20-8-6-18(28)14-17(20)5-7-22(21)23(25)9-10-24(25)27-31(29,30)19-4-2-3-16(13-19)15-26/h2-4,6,8,13-14,21-24,27-28H,5,7,9-12H2,1H3/t21-,22-,23+,24+,25+/m1/s1. The van der Waals surface area contributed by atoms with E-state index in [1.54, 1.807) is 24.3 Å². The van der Waals surface area contributed by atoms with Crippen molar-refractivity contribution in [1.82, 2.24) is 4.72 Å². The van der Waals surface area contributed by atoms with Crippen LogP contribution in [0.3, 0.4) is 0 Å². The molecular formula is C25H28N2O3S. The van der Waals surface area contributed by atoms with Gasteiger partial charge < -0.3 is 5.11 Å². The van der Waals surface area contributed by atoms with Gasteiger partial charge in [-0.3, -0.25) is 0 Å². The van der Waals surface area contributed by atoms with E-state index in [-0.39, 0.29) is 16.4 Å². The molecule has 31 heavy (non-hydrogen) atoms. The molecule has 3 aliphatic rings. The summed E-state index contributed by atoms with van der Waals surface area (Å²) < 4.78 is 29.2. The second kappa shape index (κ2) is 7.36. The van der Waals surface area contributed by atoms with Gasteiger partial charge in [-0.25, -0.2) is 13.1 Å². The molecule has 6 heteroatoms.